The zero-order chi connectivity index (χ0) is 9.97. The van der Waals surface area contributed by atoms with Gasteiger partial charge in [0.1, 0.15) is 0 Å². The lowest BCUT2D eigenvalue weighted by atomic mass is 9.94. The summed E-state index contributed by atoms with van der Waals surface area (Å²) in [5.41, 5.74) is 10.6. The largest absolute Gasteiger partial charge is 0.399 e. The second kappa shape index (κ2) is 3.70. The molecule has 0 heterocycles. The monoisotopic (exact) mass is 185 g/mol. The fraction of sp³-hybridized carbons (Fsp3) is 0.231. The molecule has 1 aliphatic rings. The van der Waals surface area contributed by atoms with E-state index in [0.29, 0.717) is 0 Å². The maximum atomic E-state index is 5.65. The van der Waals surface area contributed by atoms with Gasteiger partial charge in [0, 0.05) is 5.69 Å². The molecule has 0 unspecified atom stereocenters. The molecule has 1 aromatic rings. The Hall–Kier alpha value is -1.50. The first-order valence-corrected chi connectivity index (χ1v) is 4.99. The van der Waals surface area contributed by atoms with Crippen LogP contribution in [0.2, 0.25) is 0 Å². The minimum absolute atomic E-state index is 0.831. The van der Waals surface area contributed by atoms with Crippen molar-refractivity contribution in [3.63, 3.8) is 0 Å². The van der Waals surface area contributed by atoms with Crippen molar-refractivity contribution in [2.45, 2.75) is 19.8 Å². The van der Waals surface area contributed by atoms with Crippen molar-refractivity contribution in [3.8, 4) is 0 Å². The minimum Gasteiger partial charge on any atom is -0.399 e. The predicted molar refractivity (Wildman–Crippen MR) is 61.8 cm³/mol. The zero-order valence-electron chi connectivity index (χ0n) is 8.46. The Morgan fingerprint density at radius 2 is 1.86 bits per heavy atom. The molecular formula is C13H15N. The molecule has 1 nitrogen and oxygen atoms in total. The van der Waals surface area contributed by atoms with E-state index >= 15 is 0 Å². The first kappa shape index (κ1) is 9.07. The van der Waals surface area contributed by atoms with Crippen LogP contribution in [-0.4, -0.2) is 0 Å². The van der Waals surface area contributed by atoms with Crippen LogP contribution in [0.1, 0.15) is 25.3 Å². The number of benzene rings is 1. The van der Waals surface area contributed by atoms with E-state index in [1.165, 1.54) is 16.7 Å². The van der Waals surface area contributed by atoms with Gasteiger partial charge in [0.05, 0.1) is 0 Å². The third-order valence-electron chi connectivity index (χ3n) is 2.56. The number of rotatable bonds is 1. The normalized spacial score (nSPS) is 16.1. The fourth-order valence-electron chi connectivity index (χ4n) is 1.79. The van der Waals surface area contributed by atoms with E-state index in [0.717, 1.165) is 18.5 Å². The van der Waals surface area contributed by atoms with E-state index < -0.39 is 0 Å². The predicted octanol–water partition coefficient (Wildman–Crippen LogP) is 3.39. The van der Waals surface area contributed by atoms with Crippen molar-refractivity contribution in [2.24, 2.45) is 0 Å². The van der Waals surface area contributed by atoms with Gasteiger partial charge in [-0.15, -0.1) is 0 Å². The first-order valence-electron chi connectivity index (χ1n) is 4.99. The highest BCUT2D eigenvalue weighted by molar-refractivity contribution is 5.70. The molecule has 0 spiro atoms. The van der Waals surface area contributed by atoms with Crippen molar-refractivity contribution >= 4 is 11.3 Å². The molecule has 0 bridgehead atoms. The summed E-state index contributed by atoms with van der Waals surface area (Å²) in [5.74, 6) is 0. The summed E-state index contributed by atoms with van der Waals surface area (Å²) >= 11 is 0. The van der Waals surface area contributed by atoms with Crippen LogP contribution in [0.25, 0.3) is 5.57 Å². The maximum Gasteiger partial charge on any atom is 0.0314 e. The Morgan fingerprint density at radius 3 is 2.50 bits per heavy atom. The van der Waals surface area contributed by atoms with Gasteiger partial charge in [0.15, 0.2) is 0 Å². The van der Waals surface area contributed by atoms with Gasteiger partial charge in [-0.25, -0.2) is 0 Å². The fourth-order valence-corrected chi connectivity index (χ4v) is 1.79. The van der Waals surface area contributed by atoms with E-state index in [1.807, 2.05) is 12.1 Å². The Labute approximate surface area is 84.9 Å². The summed E-state index contributed by atoms with van der Waals surface area (Å²) < 4.78 is 0. The third kappa shape index (κ3) is 1.87. The van der Waals surface area contributed by atoms with Crippen molar-refractivity contribution in [1.82, 2.24) is 0 Å². The highest BCUT2D eigenvalue weighted by Crippen LogP contribution is 2.26. The summed E-state index contributed by atoms with van der Waals surface area (Å²) in [6.45, 7) is 2.15. The van der Waals surface area contributed by atoms with Gasteiger partial charge in [-0.05, 0) is 43.0 Å². The number of hydrogen-bond donors (Lipinski definition) is 1. The van der Waals surface area contributed by atoms with Gasteiger partial charge in [-0.2, -0.15) is 0 Å². The van der Waals surface area contributed by atoms with Crippen molar-refractivity contribution in [3.05, 3.63) is 47.6 Å². The van der Waals surface area contributed by atoms with E-state index in [9.17, 15) is 0 Å². The van der Waals surface area contributed by atoms with Gasteiger partial charge in [-0.3, -0.25) is 0 Å². The molecule has 1 aromatic carbocycles. The second-order valence-electron chi connectivity index (χ2n) is 3.78. The molecule has 0 saturated carbocycles. The van der Waals surface area contributed by atoms with Crippen LogP contribution < -0.4 is 5.73 Å². The molecule has 14 heavy (non-hydrogen) atoms. The summed E-state index contributed by atoms with van der Waals surface area (Å²) in [6.07, 6.45) is 6.83. The summed E-state index contributed by atoms with van der Waals surface area (Å²) in [6, 6.07) is 8.12. The molecule has 0 saturated heterocycles. The van der Waals surface area contributed by atoms with Gasteiger partial charge >= 0.3 is 0 Å². The molecule has 0 fully saturated rings. The van der Waals surface area contributed by atoms with Crippen LogP contribution in [0.4, 0.5) is 5.69 Å². The molecule has 1 heteroatoms. The van der Waals surface area contributed by atoms with Crippen LogP contribution in [0.5, 0.6) is 0 Å². The number of nitrogen functional groups attached to an aromatic ring is 1. The third-order valence-corrected chi connectivity index (χ3v) is 2.56. The van der Waals surface area contributed by atoms with E-state index in [2.05, 4.69) is 31.2 Å². The molecule has 0 aromatic heterocycles. The topological polar surface area (TPSA) is 26.0 Å². The molecule has 0 aliphatic heterocycles. The van der Waals surface area contributed by atoms with Crippen LogP contribution >= 0.6 is 0 Å². The average Bonchev–Trinajstić information content (AvgIpc) is 2.19. The summed E-state index contributed by atoms with van der Waals surface area (Å²) in [5, 5.41) is 0. The van der Waals surface area contributed by atoms with Crippen LogP contribution in [-0.2, 0) is 0 Å². The SMILES string of the molecule is CC1=CCCC(c2ccc(N)cc2)=C1. The lowest BCUT2D eigenvalue weighted by Gasteiger charge is -2.11. The summed E-state index contributed by atoms with van der Waals surface area (Å²) in [7, 11) is 0. The highest BCUT2D eigenvalue weighted by Gasteiger charge is 2.04. The average molecular weight is 185 g/mol. The molecule has 2 rings (SSSR count). The van der Waals surface area contributed by atoms with Crippen LogP contribution in [0.15, 0.2) is 42.0 Å². The van der Waals surface area contributed by atoms with Gasteiger partial charge in [0.25, 0.3) is 0 Å². The minimum atomic E-state index is 0.831. The Morgan fingerprint density at radius 1 is 1.14 bits per heavy atom. The number of nitrogens with two attached hydrogens (primary N) is 1. The van der Waals surface area contributed by atoms with E-state index in [4.69, 9.17) is 5.73 Å². The first-order chi connectivity index (χ1) is 6.75. The quantitative estimate of drug-likeness (QED) is 0.667. The van der Waals surface area contributed by atoms with E-state index in [-0.39, 0.29) is 0 Å². The highest BCUT2D eigenvalue weighted by atomic mass is 14.5. The number of anilines is 1. The van der Waals surface area contributed by atoms with Crippen molar-refractivity contribution in [2.75, 3.05) is 5.73 Å². The summed E-state index contributed by atoms with van der Waals surface area (Å²) in [4.78, 5) is 0. The van der Waals surface area contributed by atoms with Crippen LogP contribution in [0.3, 0.4) is 0 Å². The molecule has 0 radical (unpaired) electrons. The standard InChI is InChI=1S/C13H15N/c1-10-3-2-4-12(9-10)11-5-7-13(14)8-6-11/h3,5-9H,2,4,14H2,1H3. The Bertz CT molecular complexity index is 382. The van der Waals surface area contributed by atoms with Crippen LogP contribution in [0, 0.1) is 0 Å². The molecule has 2 N–H and O–H groups in total. The Kier molecular flexibility index (Phi) is 2.40. The van der Waals surface area contributed by atoms with Gasteiger partial charge in [-0.1, -0.05) is 29.9 Å². The number of hydrogen-bond acceptors (Lipinski definition) is 1. The molecule has 72 valence electrons. The van der Waals surface area contributed by atoms with Gasteiger partial charge < -0.3 is 5.73 Å². The molecular weight excluding hydrogens is 170 g/mol. The van der Waals surface area contributed by atoms with Crippen molar-refractivity contribution in [1.29, 1.82) is 0 Å². The molecule has 0 atom stereocenters. The lowest BCUT2D eigenvalue weighted by Crippen LogP contribution is -1.91. The van der Waals surface area contributed by atoms with Gasteiger partial charge in [0.2, 0.25) is 0 Å². The lowest BCUT2D eigenvalue weighted by molar-refractivity contribution is 1.03. The zero-order valence-corrected chi connectivity index (χ0v) is 8.46. The molecule has 0 amide bonds. The second-order valence-corrected chi connectivity index (χ2v) is 3.78. The van der Waals surface area contributed by atoms with Crippen molar-refractivity contribution < 1.29 is 0 Å². The maximum absolute atomic E-state index is 5.65. The number of allylic oxidation sites excluding steroid dienone is 4. The Balaban J connectivity index is 2.31. The smallest absolute Gasteiger partial charge is 0.0314 e. The molecule has 1 aliphatic carbocycles. The van der Waals surface area contributed by atoms with E-state index in [1.54, 1.807) is 0 Å².